The molecular formula is C50H60Cl2N10O2. The minimum atomic E-state index is -0.156. The Morgan fingerprint density at radius 1 is 0.984 bits per heavy atom. The van der Waals surface area contributed by atoms with Crippen molar-refractivity contribution in [2.75, 3.05) is 68.8 Å². The molecular weight excluding hydrogens is 844 g/mol. The Bertz CT molecular complexity index is 2350. The molecule has 0 saturated carbocycles. The molecule has 2 saturated heterocycles. The van der Waals surface area contributed by atoms with E-state index in [1.165, 1.54) is 23.5 Å². The number of pyridine rings is 2. The number of hydrogen-bond acceptors (Lipinski definition) is 11. The van der Waals surface area contributed by atoms with Crippen molar-refractivity contribution in [2.45, 2.75) is 51.4 Å². The van der Waals surface area contributed by atoms with E-state index in [-0.39, 0.29) is 18.4 Å². The molecule has 5 heterocycles. The number of aldehydes is 1. The molecule has 2 fully saturated rings. The maximum absolute atomic E-state index is 12.5. The molecule has 7 rings (SSSR count). The molecule has 64 heavy (non-hydrogen) atoms. The smallest absolute Gasteiger partial charge is 0.277 e. The van der Waals surface area contributed by atoms with Gasteiger partial charge in [-0.1, -0.05) is 62.0 Å². The number of allylic oxidation sites excluding steroid dienone is 3. The molecule has 3 aliphatic heterocycles. The van der Waals surface area contributed by atoms with E-state index in [1.807, 2.05) is 42.5 Å². The van der Waals surface area contributed by atoms with E-state index in [2.05, 4.69) is 70.7 Å². The Morgan fingerprint density at radius 3 is 2.36 bits per heavy atom. The number of anilines is 3. The summed E-state index contributed by atoms with van der Waals surface area (Å²) in [5, 5.41) is 14.4. The highest BCUT2D eigenvalue weighted by Crippen LogP contribution is 2.35. The quantitative estimate of drug-likeness (QED) is 0.0266. The summed E-state index contributed by atoms with van der Waals surface area (Å²) in [6.45, 7) is 24.4. The van der Waals surface area contributed by atoms with Crippen LogP contribution in [0.1, 0.15) is 83.1 Å². The number of nitrogens with zero attached hydrogens (tertiary/aromatic N) is 6. The molecule has 12 nitrogen and oxygen atoms in total. The zero-order chi connectivity index (χ0) is 45.9. The number of amides is 1. The number of nitrogen functional groups attached to an aromatic ring is 1. The lowest BCUT2D eigenvalue weighted by Crippen LogP contribution is -2.47. The largest absolute Gasteiger partial charge is 0.398 e. The van der Waals surface area contributed by atoms with Crippen LogP contribution in [0.15, 0.2) is 111 Å². The van der Waals surface area contributed by atoms with Gasteiger partial charge in [-0.15, -0.1) is 6.58 Å². The SMILES string of the molecule is C=C(C1CCN(C)CC1)N1CCN(c2ccc(C(=N)c3cc(C[C@H](C)c4c(Cl)cncc4Cl)ccc3N)cn2)CC1.C=CCCCC(=C)NN1C(=C)c2cc(NCC=O)ccc2C1=O. The average molecular weight is 904 g/mol. The van der Waals surface area contributed by atoms with Gasteiger partial charge in [0.05, 0.1) is 33.6 Å². The molecule has 2 aromatic carbocycles. The first-order chi connectivity index (χ1) is 30.8. The van der Waals surface area contributed by atoms with E-state index in [0.29, 0.717) is 50.6 Å². The second-order valence-corrected chi connectivity index (χ2v) is 17.5. The molecule has 14 heteroatoms. The van der Waals surface area contributed by atoms with Crippen LogP contribution in [-0.2, 0) is 11.2 Å². The number of rotatable bonds is 17. The first-order valence-corrected chi connectivity index (χ1v) is 22.6. The fourth-order valence-electron chi connectivity index (χ4n) is 8.39. The topological polar surface area (TPSA) is 147 Å². The Morgan fingerprint density at radius 2 is 1.70 bits per heavy atom. The Labute approximate surface area is 388 Å². The van der Waals surface area contributed by atoms with Gasteiger partial charge in [0.1, 0.15) is 12.1 Å². The van der Waals surface area contributed by atoms with Crippen molar-refractivity contribution >= 4 is 64.0 Å². The zero-order valence-electron chi connectivity index (χ0n) is 37.0. The predicted octanol–water partition coefficient (Wildman–Crippen LogP) is 9.20. The molecule has 0 aliphatic carbocycles. The first kappa shape index (κ1) is 47.5. The zero-order valence-corrected chi connectivity index (χ0v) is 38.5. The van der Waals surface area contributed by atoms with Gasteiger partial charge in [0.2, 0.25) is 0 Å². The van der Waals surface area contributed by atoms with Crippen LogP contribution in [0.25, 0.3) is 5.70 Å². The Kier molecular flexibility index (Phi) is 16.4. The fraction of sp³-hybridized carbons (Fsp3) is 0.340. The molecule has 1 amide bonds. The number of carbonyl (C=O) groups is 2. The highest BCUT2D eigenvalue weighted by molar-refractivity contribution is 6.35. The number of aromatic nitrogens is 2. The average Bonchev–Trinajstić information content (AvgIpc) is 3.53. The van der Waals surface area contributed by atoms with Crippen LogP contribution < -0.4 is 21.4 Å². The lowest BCUT2D eigenvalue weighted by molar-refractivity contribution is -0.106. The first-order valence-electron chi connectivity index (χ1n) is 21.8. The van der Waals surface area contributed by atoms with Crippen molar-refractivity contribution in [3.63, 3.8) is 0 Å². The van der Waals surface area contributed by atoms with Crippen LogP contribution in [0.3, 0.4) is 0 Å². The molecule has 336 valence electrons. The predicted molar refractivity (Wildman–Crippen MR) is 263 cm³/mol. The maximum atomic E-state index is 12.5. The van der Waals surface area contributed by atoms with Gasteiger partial charge >= 0.3 is 0 Å². The van der Waals surface area contributed by atoms with Gasteiger partial charge in [0, 0.05) is 90.1 Å². The van der Waals surface area contributed by atoms with Crippen LogP contribution in [0, 0.1) is 11.3 Å². The summed E-state index contributed by atoms with van der Waals surface area (Å²) in [5.41, 5.74) is 18.4. The van der Waals surface area contributed by atoms with Gasteiger partial charge in [-0.05, 0) is 118 Å². The number of benzene rings is 2. The van der Waals surface area contributed by atoms with E-state index in [0.717, 1.165) is 104 Å². The number of unbranched alkanes of at least 4 members (excludes halogenated alkanes) is 1. The maximum Gasteiger partial charge on any atom is 0.277 e. The molecule has 4 aromatic rings. The molecule has 0 radical (unpaired) electrons. The second kappa shape index (κ2) is 22.1. The molecule has 0 spiro atoms. The monoisotopic (exact) mass is 902 g/mol. The summed E-state index contributed by atoms with van der Waals surface area (Å²) in [5.74, 6) is 1.46. The number of carbonyl (C=O) groups excluding carboxylic acids is 2. The van der Waals surface area contributed by atoms with Crippen LogP contribution >= 0.6 is 23.2 Å². The third-order valence-electron chi connectivity index (χ3n) is 12.1. The minimum Gasteiger partial charge on any atom is -0.398 e. The minimum absolute atomic E-state index is 0.0756. The highest BCUT2D eigenvalue weighted by Gasteiger charge is 2.32. The van der Waals surface area contributed by atoms with Crippen molar-refractivity contribution in [2.24, 2.45) is 5.92 Å². The van der Waals surface area contributed by atoms with Gasteiger partial charge in [-0.25, -0.2) is 9.99 Å². The normalized spacial score (nSPS) is 15.8. The summed E-state index contributed by atoms with van der Waals surface area (Å²) in [6.07, 6.45) is 13.4. The van der Waals surface area contributed by atoms with Crippen molar-refractivity contribution in [3.8, 4) is 0 Å². The number of hydrazine groups is 1. The number of likely N-dealkylation sites (tertiary alicyclic amines) is 1. The lowest BCUT2D eigenvalue weighted by Gasteiger charge is -2.41. The summed E-state index contributed by atoms with van der Waals surface area (Å²) < 4.78 is 0. The summed E-state index contributed by atoms with van der Waals surface area (Å²) in [6, 6.07) is 15.2. The summed E-state index contributed by atoms with van der Waals surface area (Å²) in [7, 11) is 2.20. The Hall–Kier alpha value is -5.95. The number of halogens is 2. The van der Waals surface area contributed by atoms with Gasteiger partial charge in [0.25, 0.3) is 5.91 Å². The fourth-order valence-corrected chi connectivity index (χ4v) is 9.13. The number of nitrogens with one attached hydrogen (secondary N) is 3. The van der Waals surface area contributed by atoms with Crippen LogP contribution in [-0.4, -0.2) is 95.5 Å². The van der Waals surface area contributed by atoms with Crippen molar-refractivity contribution in [1.29, 1.82) is 5.41 Å². The van der Waals surface area contributed by atoms with E-state index in [4.69, 9.17) is 39.3 Å². The number of piperazine rings is 1. The van der Waals surface area contributed by atoms with E-state index in [1.54, 1.807) is 30.7 Å². The standard InChI is InChI=1S/C32H39Cl2N7.C18H21N3O2/c1-21(31-27(33)19-37-20-28(31)34)16-23-4-6-29(35)26(17-23)32(36)25-5-7-30(38-18-25)41-14-12-40(13-15-41)22(2)24-8-10-39(3)11-9-24;1-4-5-6-7-13(2)20-21-14(3)17-12-15(19-10-11-22)8-9-16(17)18(21)23/h4-7,17-21,24,36H,2,8-16,35H2,1,3H3;4,8-9,11-12,19-20H,1-3,5-7,10H2/t21-;/m0./s1. The molecule has 2 aromatic heterocycles. The third-order valence-corrected chi connectivity index (χ3v) is 12.7. The summed E-state index contributed by atoms with van der Waals surface area (Å²) in [4.78, 5) is 38.9. The van der Waals surface area contributed by atoms with Gasteiger partial charge in [-0.3, -0.25) is 20.6 Å². The Balaban J connectivity index is 0.000000251. The van der Waals surface area contributed by atoms with Crippen LogP contribution in [0.4, 0.5) is 17.2 Å². The number of piperidine rings is 1. The molecule has 1 atom stereocenters. The van der Waals surface area contributed by atoms with Crippen molar-refractivity contribution < 1.29 is 9.59 Å². The molecule has 0 bridgehead atoms. The van der Waals surface area contributed by atoms with Crippen molar-refractivity contribution in [3.05, 3.63) is 154 Å². The summed E-state index contributed by atoms with van der Waals surface area (Å²) >= 11 is 12.8. The second-order valence-electron chi connectivity index (χ2n) is 16.7. The van der Waals surface area contributed by atoms with Gasteiger partial charge in [0.15, 0.2) is 0 Å². The van der Waals surface area contributed by atoms with Crippen molar-refractivity contribution in [1.82, 2.24) is 30.2 Å². The number of fused-ring (bicyclic) bond motifs is 1. The van der Waals surface area contributed by atoms with E-state index < -0.39 is 0 Å². The van der Waals surface area contributed by atoms with Gasteiger partial charge < -0.3 is 30.5 Å². The molecule has 5 N–H and O–H groups in total. The molecule has 3 aliphatic rings. The van der Waals surface area contributed by atoms with E-state index in [9.17, 15) is 9.59 Å². The van der Waals surface area contributed by atoms with Gasteiger partial charge in [-0.2, -0.15) is 0 Å². The third kappa shape index (κ3) is 11.6. The number of hydrogen-bond donors (Lipinski definition) is 4. The van der Waals surface area contributed by atoms with Crippen LogP contribution in [0.2, 0.25) is 10.0 Å². The molecule has 0 unspecified atom stereocenters. The van der Waals surface area contributed by atoms with Crippen LogP contribution in [0.5, 0.6) is 0 Å². The van der Waals surface area contributed by atoms with E-state index >= 15 is 0 Å². The highest BCUT2D eigenvalue weighted by atomic mass is 35.5. The number of nitrogens with two attached hydrogens (primary N) is 1. The lowest BCUT2D eigenvalue weighted by atomic mass is 9.92.